The quantitative estimate of drug-likeness (QED) is 0.660. The zero-order valence-corrected chi connectivity index (χ0v) is 11.0. The molecule has 4 heteroatoms. The molecule has 1 atom stereocenters. The highest BCUT2D eigenvalue weighted by Crippen LogP contribution is 2.18. The summed E-state index contributed by atoms with van der Waals surface area (Å²) in [6, 6.07) is -0.372. The van der Waals surface area contributed by atoms with E-state index in [9.17, 15) is 4.79 Å². The Kier molecular flexibility index (Phi) is 7.34. The molecule has 1 unspecified atom stereocenters. The van der Waals surface area contributed by atoms with Gasteiger partial charge in [-0.3, -0.25) is 4.79 Å². The minimum atomic E-state index is -0.372. The molecule has 0 rings (SSSR count). The van der Waals surface area contributed by atoms with Gasteiger partial charge in [0.05, 0.1) is 6.04 Å². The van der Waals surface area contributed by atoms with Crippen molar-refractivity contribution >= 4 is 5.91 Å². The molecule has 0 heterocycles. The molecule has 0 aromatic rings. The predicted octanol–water partition coefficient (Wildman–Crippen LogP) is 1.29. The van der Waals surface area contributed by atoms with Crippen molar-refractivity contribution in [2.24, 2.45) is 11.1 Å². The third-order valence-electron chi connectivity index (χ3n) is 2.66. The van der Waals surface area contributed by atoms with Gasteiger partial charge in [-0.1, -0.05) is 27.2 Å². The van der Waals surface area contributed by atoms with Crippen molar-refractivity contribution in [2.75, 3.05) is 20.3 Å². The normalized spacial score (nSPS) is 13.6. The first-order valence-corrected chi connectivity index (χ1v) is 5.95. The number of amides is 1. The molecule has 0 aromatic carbocycles. The van der Waals surface area contributed by atoms with Gasteiger partial charge in [0, 0.05) is 20.3 Å². The molecule has 0 aliphatic carbocycles. The molecule has 0 radical (unpaired) electrons. The first kappa shape index (κ1) is 15.4. The lowest BCUT2D eigenvalue weighted by Gasteiger charge is -2.25. The van der Waals surface area contributed by atoms with Crippen molar-refractivity contribution in [1.29, 1.82) is 0 Å². The average Bonchev–Trinajstić information content (AvgIpc) is 2.23. The van der Waals surface area contributed by atoms with E-state index in [-0.39, 0.29) is 17.4 Å². The Bertz CT molecular complexity index is 205. The van der Waals surface area contributed by atoms with Crippen LogP contribution in [0.4, 0.5) is 0 Å². The van der Waals surface area contributed by atoms with Crippen molar-refractivity contribution in [3.8, 4) is 0 Å². The van der Waals surface area contributed by atoms with Crippen LogP contribution in [0.5, 0.6) is 0 Å². The monoisotopic (exact) mass is 230 g/mol. The maximum absolute atomic E-state index is 11.6. The van der Waals surface area contributed by atoms with Crippen LogP contribution < -0.4 is 11.1 Å². The lowest BCUT2D eigenvalue weighted by Crippen LogP contribution is -2.44. The summed E-state index contributed by atoms with van der Waals surface area (Å²) in [7, 11) is 1.69. The fourth-order valence-electron chi connectivity index (χ4n) is 1.37. The van der Waals surface area contributed by atoms with Gasteiger partial charge in [-0.2, -0.15) is 0 Å². The van der Waals surface area contributed by atoms with E-state index in [1.807, 2.05) is 6.92 Å². The van der Waals surface area contributed by atoms with Crippen LogP contribution in [0.1, 0.15) is 40.0 Å². The fourth-order valence-corrected chi connectivity index (χ4v) is 1.37. The third kappa shape index (κ3) is 6.80. The molecular formula is C12H26N2O2. The van der Waals surface area contributed by atoms with Crippen LogP contribution in [-0.2, 0) is 9.53 Å². The smallest absolute Gasteiger partial charge is 0.236 e. The molecule has 3 N–H and O–H groups in total. The maximum Gasteiger partial charge on any atom is 0.236 e. The first-order chi connectivity index (χ1) is 7.43. The number of hydrogen-bond acceptors (Lipinski definition) is 3. The summed E-state index contributed by atoms with van der Waals surface area (Å²) < 4.78 is 5.03. The van der Waals surface area contributed by atoms with Crippen LogP contribution in [0.2, 0.25) is 0 Å². The van der Waals surface area contributed by atoms with Gasteiger partial charge in [0.1, 0.15) is 0 Å². The van der Waals surface area contributed by atoms with Gasteiger partial charge in [-0.05, 0) is 18.3 Å². The van der Waals surface area contributed by atoms with Gasteiger partial charge < -0.3 is 15.8 Å². The van der Waals surface area contributed by atoms with Crippen LogP contribution in [-0.4, -0.2) is 32.2 Å². The number of ether oxygens (including phenoxy) is 1. The van der Waals surface area contributed by atoms with E-state index < -0.39 is 0 Å². The highest BCUT2D eigenvalue weighted by molar-refractivity contribution is 5.81. The summed E-state index contributed by atoms with van der Waals surface area (Å²) in [5, 5.41) is 2.90. The Labute approximate surface area is 98.9 Å². The molecular weight excluding hydrogens is 204 g/mol. The van der Waals surface area contributed by atoms with Crippen molar-refractivity contribution in [3.05, 3.63) is 0 Å². The van der Waals surface area contributed by atoms with E-state index in [4.69, 9.17) is 10.5 Å². The van der Waals surface area contributed by atoms with E-state index in [2.05, 4.69) is 19.2 Å². The molecule has 0 aliphatic rings. The number of nitrogens with one attached hydrogen (secondary N) is 1. The Morgan fingerprint density at radius 1 is 1.50 bits per heavy atom. The second kappa shape index (κ2) is 7.63. The molecule has 16 heavy (non-hydrogen) atoms. The maximum atomic E-state index is 11.6. The van der Waals surface area contributed by atoms with Gasteiger partial charge >= 0.3 is 0 Å². The molecule has 0 bridgehead atoms. The molecule has 0 aliphatic heterocycles. The summed E-state index contributed by atoms with van der Waals surface area (Å²) in [5.74, 6) is -0.0488. The van der Waals surface area contributed by atoms with Crippen molar-refractivity contribution in [2.45, 2.75) is 46.1 Å². The van der Waals surface area contributed by atoms with Crippen molar-refractivity contribution in [1.82, 2.24) is 5.32 Å². The number of nitrogens with two attached hydrogens (primary N) is 1. The molecule has 4 nitrogen and oxygen atoms in total. The predicted molar refractivity (Wildman–Crippen MR) is 66.2 cm³/mol. The fraction of sp³-hybridized carbons (Fsp3) is 0.917. The van der Waals surface area contributed by atoms with Crippen LogP contribution in [0.15, 0.2) is 0 Å². The summed E-state index contributed by atoms with van der Waals surface area (Å²) >= 11 is 0. The van der Waals surface area contributed by atoms with Crippen molar-refractivity contribution in [3.63, 3.8) is 0 Å². The zero-order valence-electron chi connectivity index (χ0n) is 11.0. The summed E-state index contributed by atoms with van der Waals surface area (Å²) in [4.78, 5) is 11.6. The largest absolute Gasteiger partial charge is 0.385 e. The Balaban J connectivity index is 3.89. The number of methoxy groups -OCH3 is 1. The van der Waals surface area contributed by atoms with E-state index in [0.29, 0.717) is 13.2 Å². The van der Waals surface area contributed by atoms with Gasteiger partial charge in [-0.25, -0.2) is 0 Å². The molecule has 0 saturated carbocycles. The second-order valence-electron chi connectivity index (χ2n) is 5.02. The number of carbonyl (C=O) groups excluding carboxylic acids is 1. The topological polar surface area (TPSA) is 64.4 Å². The standard InChI is InChI=1S/C12H26N2O2/c1-5-6-10(13)11(15)14-9-12(2,3)7-8-16-4/h10H,5-9,13H2,1-4H3,(H,14,15). The third-order valence-corrected chi connectivity index (χ3v) is 2.66. The highest BCUT2D eigenvalue weighted by atomic mass is 16.5. The SMILES string of the molecule is CCCC(N)C(=O)NCC(C)(C)CCOC. The number of rotatable bonds is 8. The lowest BCUT2D eigenvalue weighted by atomic mass is 9.89. The molecule has 0 saturated heterocycles. The Hall–Kier alpha value is -0.610. The number of carbonyl (C=O) groups is 1. The van der Waals surface area contributed by atoms with Gasteiger partial charge in [0.15, 0.2) is 0 Å². The summed E-state index contributed by atoms with van der Waals surface area (Å²) in [5.41, 5.74) is 5.77. The molecule has 96 valence electrons. The second-order valence-corrected chi connectivity index (χ2v) is 5.02. The minimum absolute atomic E-state index is 0.0488. The molecule has 0 fully saturated rings. The number of hydrogen-bond donors (Lipinski definition) is 2. The average molecular weight is 230 g/mol. The van der Waals surface area contributed by atoms with E-state index >= 15 is 0 Å². The van der Waals surface area contributed by atoms with Gasteiger partial charge in [0.25, 0.3) is 0 Å². The molecule has 0 aromatic heterocycles. The Morgan fingerprint density at radius 3 is 2.62 bits per heavy atom. The van der Waals surface area contributed by atoms with Crippen molar-refractivity contribution < 1.29 is 9.53 Å². The molecule has 0 spiro atoms. The Morgan fingerprint density at radius 2 is 2.12 bits per heavy atom. The van der Waals surface area contributed by atoms with Crippen LogP contribution in [0, 0.1) is 5.41 Å². The summed E-state index contributed by atoms with van der Waals surface area (Å²) in [6.45, 7) is 7.60. The first-order valence-electron chi connectivity index (χ1n) is 5.95. The van der Waals surface area contributed by atoms with Crippen LogP contribution >= 0.6 is 0 Å². The van der Waals surface area contributed by atoms with E-state index in [1.54, 1.807) is 7.11 Å². The van der Waals surface area contributed by atoms with Gasteiger partial charge in [0.2, 0.25) is 5.91 Å². The minimum Gasteiger partial charge on any atom is -0.385 e. The van der Waals surface area contributed by atoms with Gasteiger partial charge in [-0.15, -0.1) is 0 Å². The highest BCUT2D eigenvalue weighted by Gasteiger charge is 2.20. The van der Waals surface area contributed by atoms with Crippen LogP contribution in [0.25, 0.3) is 0 Å². The summed E-state index contributed by atoms with van der Waals surface area (Å²) in [6.07, 6.45) is 2.60. The molecule has 1 amide bonds. The lowest BCUT2D eigenvalue weighted by molar-refractivity contribution is -0.123. The van der Waals surface area contributed by atoms with E-state index in [0.717, 1.165) is 19.3 Å². The zero-order chi connectivity index (χ0) is 12.6. The van der Waals surface area contributed by atoms with E-state index in [1.165, 1.54) is 0 Å². The van der Waals surface area contributed by atoms with Crippen LogP contribution in [0.3, 0.4) is 0 Å².